The summed E-state index contributed by atoms with van der Waals surface area (Å²) >= 11 is 0. The number of ether oxygens (including phenoxy) is 6. The molecule has 1 saturated carbocycles. The van der Waals surface area contributed by atoms with Crippen molar-refractivity contribution in [2.24, 2.45) is 23.2 Å². The molecule has 6 rings (SSSR count). The summed E-state index contributed by atoms with van der Waals surface area (Å²) in [6.07, 6.45) is -0.822. The lowest BCUT2D eigenvalue weighted by Crippen LogP contribution is -2.59. The highest BCUT2D eigenvalue weighted by Crippen LogP contribution is 2.56. The molecule has 4 heterocycles. The van der Waals surface area contributed by atoms with E-state index in [1.807, 2.05) is 6.08 Å². The van der Waals surface area contributed by atoms with Crippen molar-refractivity contribution < 1.29 is 53.3 Å². The van der Waals surface area contributed by atoms with Crippen molar-refractivity contribution in [2.75, 3.05) is 13.7 Å². The molecule has 8 unspecified atom stereocenters. The van der Waals surface area contributed by atoms with Crippen LogP contribution in [0.3, 0.4) is 0 Å². The van der Waals surface area contributed by atoms with Crippen molar-refractivity contribution >= 4 is 11.9 Å². The van der Waals surface area contributed by atoms with E-state index in [2.05, 4.69) is 6.92 Å². The van der Waals surface area contributed by atoms with Gasteiger partial charge in [-0.1, -0.05) is 24.6 Å². The molecule has 39 heavy (non-hydrogen) atoms. The summed E-state index contributed by atoms with van der Waals surface area (Å²) in [7, 11) is 1.42. The Labute approximate surface area is 227 Å². The van der Waals surface area contributed by atoms with Gasteiger partial charge in [0.15, 0.2) is 6.29 Å². The number of carbonyl (C=O) groups excluding carboxylic acids is 2. The van der Waals surface area contributed by atoms with Gasteiger partial charge in [-0.05, 0) is 43.9 Å². The Balaban J connectivity index is 1.25. The van der Waals surface area contributed by atoms with Crippen molar-refractivity contribution in [1.82, 2.24) is 0 Å². The number of methoxy groups -OCH3 is 1. The van der Waals surface area contributed by atoms with Crippen molar-refractivity contribution in [3.8, 4) is 0 Å². The number of hydrogen-bond acceptors (Lipinski definition) is 11. The minimum atomic E-state index is -1.17. The Morgan fingerprint density at radius 3 is 2.64 bits per heavy atom. The van der Waals surface area contributed by atoms with E-state index >= 15 is 0 Å². The van der Waals surface area contributed by atoms with Crippen LogP contribution in [0.1, 0.15) is 46.5 Å². The molecular formula is C28H38O11. The van der Waals surface area contributed by atoms with Crippen molar-refractivity contribution in [1.29, 1.82) is 0 Å². The number of aliphatic hydroxyl groups excluding tert-OH is 3. The van der Waals surface area contributed by atoms with Crippen LogP contribution in [0.25, 0.3) is 0 Å². The minimum Gasteiger partial charge on any atom is -0.459 e. The quantitative estimate of drug-likeness (QED) is 0.337. The zero-order valence-corrected chi connectivity index (χ0v) is 22.6. The molecule has 216 valence electrons. The molecule has 11 nitrogen and oxygen atoms in total. The topological polar surface area (TPSA) is 150 Å². The first kappa shape index (κ1) is 27.3. The Bertz CT molecular complexity index is 1090. The Hall–Kier alpha value is -1.86. The number of esters is 2. The van der Waals surface area contributed by atoms with Crippen LogP contribution >= 0.6 is 0 Å². The third-order valence-corrected chi connectivity index (χ3v) is 10.0. The summed E-state index contributed by atoms with van der Waals surface area (Å²) in [6, 6.07) is 0. The third kappa shape index (κ3) is 4.20. The van der Waals surface area contributed by atoms with Gasteiger partial charge in [-0.15, -0.1) is 0 Å². The first-order chi connectivity index (χ1) is 18.5. The van der Waals surface area contributed by atoms with E-state index in [1.165, 1.54) is 7.11 Å². The monoisotopic (exact) mass is 550 g/mol. The van der Waals surface area contributed by atoms with Crippen LogP contribution in [-0.4, -0.2) is 95.8 Å². The molecule has 0 aromatic carbocycles. The highest BCUT2D eigenvalue weighted by molar-refractivity contribution is 5.92. The molecule has 0 radical (unpaired) electrons. The predicted octanol–water partition coefficient (Wildman–Crippen LogP) is 0.738. The van der Waals surface area contributed by atoms with E-state index in [1.54, 1.807) is 19.9 Å². The molecular weight excluding hydrogens is 512 g/mol. The van der Waals surface area contributed by atoms with Gasteiger partial charge in [0.05, 0.1) is 36.8 Å². The van der Waals surface area contributed by atoms with Gasteiger partial charge < -0.3 is 43.7 Å². The maximum Gasteiger partial charge on any atom is 0.336 e. The molecule has 4 aliphatic heterocycles. The molecule has 13 atom stereocenters. The fraction of sp³-hybridized carbons (Fsp3) is 0.786. The van der Waals surface area contributed by atoms with E-state index in [4.69, 9.17) is 28.4 Å². The molecule has 3 saturated heterocycles. The van der Waals surface area contributed by atoms with Gasteiger partial charge in [0.2, 0.25) is 5.79 Å². The van der Waals surface area contributed by atoms with E-state index in [0.717, 1.165) is 5.57 Å². The second-order valence-electron chi connectivity index (χ2n) is 12.2. The summed E-state index contributed by atoms with van der Waals surface area (Å²) in [5.41, 5.74) is 0.973. The van der Waals surface area contributed by atoms with Crippen LogP contribution < -0.4 is 0 Å². The van der Waals surface area contributed by atoms with Gasteiger partial charge in [-0.2, -0.15) is 0 Å². The molecule has 0 aromatic rings. The van der Waals surface area contributed by atoms with Gasteiger partial charge >= 0.3 is 11.9 Å². The van der Waals surface area contributed by atoms with E-state index in [-0.39, 0.29) is 18.6 Å². The first-order valence-electron chi connectivity index (χ1n) is 13.8. The minimum absolute atomic E-state index is 0.122. The van der Waals surface area contributed by atoms with Crippen LogP contribution in [0.5, 0.6) is 0 Å². The van der Waals surface area contributed by atoms with Gasteiger partial charge in [0, 0.05) is 19.6 Å². The smallest absolute Gasteiger partial charge is 0.336 e. The zero-order valence-electron chi connectivity index (χ0n) is 22.6. The lowest BCUT2D eigenvalue weighted by molar-refractivity contribution is -0.309. The highest BCUT2D eigenvalue weighted by atomic mass is 16.7. The average molecular weight is 551 g/mol. The van der Waals surface area contributed by atoms with Gasteiger partial charge in [-0.3, -0.25) is 4.79 Å². The van der Waals surface area contributed by atoms with Gasteiger partial charge in [-0.25, -0.2) is 4.79 Å². The highest BCUT2D eigenvalue weighted by Gasteiger charge is 2.62. The second kappa shape index (κ2) is 9.61. The number of hydrogen-bond donors (Lipinski definition) is 3. The van der Waals surface area contributed by atoms with Crippen LogP contribution in [0.15, 0.2) is 23.3 Å². The molecule has 0 bridgehead atoms. The van der Waals surface area contributed by atoms with Crippen LogP contribution in [0.4, 0.5) is 0 Å². The van der Waals surface area contributed by atoms with Crippen molar-refractivity contribution in [3.05, 3.63) is 23.3 Å². The third-order valence-electron chi connectivity index (χ3n) is 10.0. The standard InChI is InChI=1S/C28H38O11/c1-12-21(30)23(34-4)22(31)26(36-12)37-14-7-8-27(2)13(9-14)10-17(29)19-16(27)6-5-15-20-18(38-25(19)33)11-35-28(20,3)39-24(15)32/h5,10,12,14,16-23,26,29-31H,6-9,11H2,1-4H3/b15-5+/t12-,14?,16?,17?,18?,19?,20?,21-,22-,23+,26+,27?,28?/m1/s1. The Morgan fingerprint density at radius 1 is 1.13 bits per heavy atom. The lowest BCUT2D eigenvalue weighted by atomic mass is 9.55. The average Bonchev–Trinajstić information content (AvgIpc) is 3.34. The summed E-state index contributed by atoms with van der Waals surface area (Å²) in [5.74, 6) is -3.72. The van der Waals surface area contributed by atoms with E-state index in [0.29, 0.717) is 31.3 Å². The molecule has 0 amide bonds. The zero-order chi connectivity index (χ0) is 27.9. The molecule has 3 N–H and O–H groups in total. The summed E-state index contributed by atoms with van der Waals surface area (Å²) in [5, 5.41) is 32.2. The summed E-state index contributed by atoms with van der Waals surface area (Å²) < 4.78 is 34.4. The number of fused-ring (bicyclic) bond motifs is 3. The fourth-order valence-electron chi connectivity index (χ4n) is 7.74. The van der Waals surface area contributed by atoms with E-state index < -0.39 is 77.9 Å². The largest absolute Gasteiger partial charge is 0.459 e. The molecule has 6 aliphatic rings. The van der Waals surface area contributed by atoms with Crippen molar-refractivity contribution in [3.63, 3.8) is 0 Å². The Morgan fingerprint density at radius 2 is 1.90 bits per heavy atom. The van der Waals surface area contributed by atoms with Crippen LogP contribution in [0, 0.1) is 23.2 Å². The van der Waals surface area contributed by atoms with Crippen LogP contribution in [-0.2, 0) is 38.0 Å². The van der Waals surface area contributed by atoms with Crippen molar-refractivity contribution in [2.45, 2.75) is 101 Å². The molecule has 0 spiro atoms. The lowest BCUT2D eigenvalue weighted by Gasteiger charge is -2.51. The summed E-state index contributed by atoms with van der Waals surface area (Å²) in [6.45, 7) is 5.60. The van der Waals surface area contributed by atoms with Gasteiger partial charge in [0.1, 0.15) is 24.4 Å². The Kier molecular flexibility index (Phi) is 6.73. The molecule has 0 aromatic heterocycles. The molecule has 11 heteroatoms. The van der Waals surface area contributed by atoms with Crippen LogP contribution in [0.2, 0.25) is 0 Å². The maximum absolute atomic E-state index is 13.5. The normalized spacial score (nSPS) is 52.5. The molecule has 4 fully saturated rings. The number of aliphatic hydroxyl groups is 3. The van der Waals surface area contributed by atoms with E-state index in [9.17, 15) is 24.9 Å². The maximum atomic E-state index is 13.5. The fourth-order valence-corrected chi connectivity index (χ4v) is 7.74. The summed E-state index contributed by atoms with van der Waals surface area (Å²) in [4.78, 5) is 26.3. The SMILES string of the molecule is CO[C@@H]1[C@@H](O)[C@H](OC2CCC3(C)C(=CC(O)C4C(=O)OC5COC6(C)OC(=O)/C(=C/CC43)C56)C2)O[C@H](C)[C@H]1O. The first-order valence-corrected chi connectivity index (χ1v) is 13.8. The number of rotatable bonds is 3. The number of carbonyl (C=O) groups is 2. The number of allylic oxidation sites excluding steroid dienone is 1. The van der Waals surface area contributed by atoms with Gasteiger partial charge in [0.25, 0.3) is 0 Å². The predicted molar refractivity (Wildman–Crippen MR) is 132 cm³/mol. The second-order valence-corrected chi connectivity index (χ2v) is 12.2. The molecule has 2 aliphatic carbocycles.